The van der Waals surface area contributed by atoms with E-state index in [-0.39, 0.29) is 5.56 Å². The van der Waals surface area contributed by atoms with Gasteiger partial charge in [-0.05, 0) is 17.7 Å². The van der Waals surface area contributed by atoms with Crippen molar-refractivity contribution in [2.24, 2.45) is 5.14 Å². The van der Waals surface area contributed by atoms with Gasteiger partial charge in [-0.15, -0.1) is 13.2 Å². The van der Waals surface area contributed by atoms with Crippen LogP contribution in [-0.4, -0.2) is 14.8 Å². The lowest BCUT2D eigenvalue weighted by Gasteiger charge is -2.09. The highest BCUT2D eigenvalue weighted by Gasteiger charge is 2.31. The second kappa shape index (κ2) is 4.30. The first-order chi connectivity index (χ1) is 7.16. The molecular weight excluding hydrogens is 247 g/mol. The van der Waals surface area contributed by atoms with Gasteiger partial charge >= 0.3 is 6.36 Å². The van der Waals surface area contributed by atoms with E-state index < -0.39 is 27.9 Å². The standard InChI is InChI=1S/C8H8F3NO3S/c9-8(10,11)15-7-3-1-2-6(4-7)5-16(12,13)14/h1-4H,5H2,(H2,12,13,14). The first-order valence-electron chi connectivity index (χ1n) is 4.01. The second-order valence-electron chi connectivity index (χ2n) is 3.00. The van der Waals surface area contributed by atoms with Gasteiger partial charge in [-0.2, -0.15) is 0 Å². The zero-order valence-electron chi connectivity index (χ0n) is 7.86. The molecule has 8 heteroatoms. The van der Waals surface area contributed by atoms with Gasteiger partial charge in [0.1, 0.15) is 5.75 Å². The molecule has 0 atom stereocenters. The number of benzene rings is 1. The van der Waals surface area contributed by atoms with Crippen LogP contribution < -0.4 is 9.88 Å². The van der Waals surface area contributed by atoms with E-state index in [1.54, 1.807) is 0 Å². The predicted octanol–water partition coefficient (Wildman–Crippen LogP) is 1.37. The van der Waals surface area contributed by atoms with Gasteiger partial charge in [0.25, 0.3) is 0 Å². The van der Waals surface area contributed by atoms with Crippen LogP contribution in [0.25, 0.3) is 0 Å². The molecule has 1 aromatic rings. The van der Waals surface area contributed by atoms with E-state index in [0.717, 1.165) is 12.1 Å². The average Bonchev–Trinajstić information content (AvgIpc) is 1.96. The Morgan fingerprint density at radius 3 is 2.44 bits per heavy atom. The van der Waals surface area contributed by atoms with Crippen molar-refractivity contribution in [2.75, 3.05) is 0 Å². The van der Waals surface area contributed by atoms with Crippen LogP contribution in [0, 0.1) is 0 Å². The van der Waals surface area contributed by atoms with Gasteiger partial charge in [-0.1, -0.05) is 12.1 Å². The lowest BCUT2D eigenvalue weighted by Crippen LogP contribution is -2.18. The minimum absolute atomic E-state index is 0.129. The fourth-order valence-electron chi connectivity index (χ4n) is 1.06. The molecule has 0 aliphatic rings. The Bertz CT molecular complexity index is 470. The quantitative estimate of drug-likeness (QED) is 0.886. The summed E-state index contributed by atoms with van der Waals surface area (Å²) in [6.45, 7) is 0. The molecule has 0 amide bonds. The molecule has 1 rings (SSSR count). The monoisotopic (exact) mass is 255 g/mol. The zero-order valence-corrected chi connectivity index (χ0v) is 8.68. The maximum atomic E-state index is 11.8. The SMILES string of the molecule is NS(=O)(=O)Cc1cccc(OC(F)(F)F)c1. The summed E-state index contributed by atoms with van der Waals surface area (Å²) in [5.74, 6) is -1.02. The van der Waals surface area contributed by atoms with Crippen LogP contribution in [0.4, 0.5) is 13.2 Å². The minimum Gasteiger partial charge on any atom is -0.406 e. The van der Waals surface area contributed by atoms with Gasteiger partial charge in [0.05, 0.1) is 5.75 Å². The first-order valence-corrected chi connectivity index (χ1v) is 5.72. The molecule has 0 spiro atoms. The normalized spacial score (nSPS) is 12.5. The van der Waals surface area contributed by atoms with Crippen molar-refractivity contribution in [3.63, 3.8) is 0 Å². The van der Waals surface area contributed by atoms with Crippen molar-refractivity contribution in [3.05, 3.63) is 29.8 Å². The van der Waals surface area contributed by atoms with Gasteiger partial charge < -0.3 is 4.74 Å². The van der Waals surface area contributed by atoms with E-state index in [4.69, 9.17) is 5.14 Å². The number of primary sulfonamides is 1. The van der Waals surface area contributed by atoms with E-state index in [0.29, 0.717) is 0 Å². The molecule has 0 heterocycles. The molecule has 0 aromatic heterocycles. The van der Waals surface area contributed by atoms with Crippen molar-refractivity contribution in [2.45, 2.75) is 12.1 Å². The lowest BCUT2D eigenvalue weighted by molar-refractivity contribution is -0.274. The number of halogens is 3. The molecule has 0 saturated heterocycles. The third-order valence-electron chi connectivity index (χ3n) is 1.50. The Kier molecular flexibility index (Phi) is 3.44. The van der Waals surface area contributed by atoms with E-state index in [1.165, 1.54) is 12.1 Å². The minimum atomic E-state index is -4.81. The van der Waals surface area contributed by atoms with Crippen molar-refractivity contribution in [1.82, 2.24) is 0 Å². The summed E-state index contributed by atoms with van der Waals surface area (Å²) in [7, 11) is -3.77. The fraction of sp³-hybridized carbons (Fsp3) is 0.250. The Morgan fingerprint density at radius 2 is 1.94 bits per heavy atom. The van der Waals surface area contributed by atoms with Crippen LogP contribution in [0.15, 0.2) is 24.3 Å². The molecule has 16 heavy (non-hydrogen) atoms. The van der Waals surface area contributed by atoms with Crippen LogP contribution in [0.3, 0.4) is 0 Å². The van der Waals surface area contributed by atoms with Crippen molar-refractivity contribution < 1.29 is 26.3 Å². The van der Waals surface area contributed by atoms with Crippen LogP contribution in [-0.2, 0) is 15.8 Å². The highest BCUT2D eigenvalue weighted by atomic mass is 32.2. The van der Waals surface area contributed by atoms with Gasteiger partial charge in [0.15, 0.2) is 0 Å². The van der Waals surface area contributed by atoms with Crippen molar-refractivity contribution >= 4 is 10.0 Å². The maximum Gasteiger partial charge on any atom is 0.573 e. The Morgan fingerprint density at radius 1 is 1.31 bits per heavy atom. The molecule has 4 nitrogen and oxygen atoms in total. The summed E-state index contributed by atoms with van der Waals surface area (Å²) >= 11 is 0. The molecular formula is C8H8F3NO3S. The van der Waals surface area contributed by atoms with E-state index in [2.05, 4.69) is 4.74 Å². The first kappa shape index (κ1) is 12.8. The number of hydrogen-bond donors (Lipinski definition) is 1. The molecule has 2 N–H and O–H groups in total. The fourth-order valence-corrected chi connectivity index (χ4v) is 1.71. The smallest absolute Gasteiger partial charge is 0.406 e. The Labute approximate surface area is 89.9 Å². The molecule has 0 bridgehead atoms. The number of sulfonamides is 1. The molecule has 0 aliphatic carbocycles. The summed E-state index contributed by atoms with van der Waals surface area (Å²) < 4.78 is 60.6. The molecule has 0 aliphatic heterocycles. The molecule has 90 valence electrons. The van der Waals surface area contributed by atoms with Gasteiger partial charge in [-0.3, -0.25) is 0 Å². The molecule has 0 radical (unpaired) electrons. The van der Waals surface area contributed by atoms with Crippen molar-refractivity contribution in [3.8, 4) is 5.75 Å². The lowest BCUT2D eigenvalue weighted by atomic mass is 10.2. The van der Waals surface area contributed by atoms with Crippen LogP contribution >= 0.6 is 0 Å². The number of rotatable bonds is 3. The second-order valence-corrected chi connectivity index (χ2v) is 4.62. The van der Waals surface area contributed by atoms with E-state index in [9.17, 15) is 21.6 Å². The van der Waals surface area contributed by atoms with Crippen LogP contribution in [0.2, 0.25) is 0 Å². The summed E-state index contributed by atoms with van der Waals surface area (Å²) in [5, 5.41) is 4.75. The highest BCUT2D eigenvalue weighted by molar-refractivity contribution is 7.88. The van der Waals surface area contributed by atoms with Gasteiger partial charge in [0, 0.05) is 0 Å². The largest absolute Gasteiger partial charge is 0.573 e. The Hall–Kier alpha value is -1.28. The Balaban J connectivity index is 2.88. The molecule has 0 saturated carbocycles. The predicted molar refractivity (Wildman–Crippen MR) is 49.9 cm³/mol. The van der Waals surface area contributed by atoms with E-state index in [1.807, 2.05) is 0 Å². The summed E-state index contributed by atoms with van der Waals surface area (Å²) in [6, 6.07) is 4.63. The van der Waals surface area contributed by atoms with Crippen LogP contribution in [0.5, 0.6) is 5.75 Å². The summed E-state index contributed by atoms with van der Waals surface area (Å²) in [5.41, 5.74) is 0.129. The third kappa shape index (κ3) is 4.99. The zero-order chi connectivity index (χ0) is 12.4. The molecule has 1 aromatic carbocycles. The average molecular weight is 255 g/mol. The number of nitrogens with two attached hydrogens (primary N) is 1. The number of alkyl halides is 3. The topological polar surface area (TPSA) is 69.4 Å². The third-order valence-corrected chi connectivity index (χ3v) is 2.24. The van der Waals surface area contributed by atoms with Crippen LogP contribution in [0.1, 0.15) is 5.56 Å². The summed E-state index contributed by atoms with van der Waals surface area (Å²) in [6.07, 6.45) is -4.81. The summed E-state index contributed by atoms with van der Waals surface area (Å²) in [4.78, 5) is 0. The number of hydrogen-bond acceptors (Lipinski definition) is 3. The number of ether oxygens (including phenoxy) is 1. The van der Waals surface area contributed by atoms with Gasteiger partial charge in [0.2, 0.25) is 10.0 Å². The maximum absolute atomic E-state index is 11.8. The van der Waals surface area contributed by atoms with Gasteiger partial charge in [-0.25, -0.2) is 13.6 Å². The highest BCUT2D eigenvalue weighted by Crippen LogP contribution is 2.23. The molecule has 0 unspecified atom stereocenters. The van der Waals surface area contributed by atoms with Crippen molar-refractivity contribution in [1.29, 1.82) is 0 Å². The van der Waals surface area contributed by atoms with E-state index >= 15 is 0 Å². The molecule has 0 fully saturated rings.